The molecule has 0 unspecified atom stereocenters. The Morgan fingerprint density at radius 2 is 1.94 bits per heavy atom. The monoisotopic (exact) mass is 233 g/mol. The molecule has 1 aromatic rings. The summed E-state index contributed by atoms with van der Waals surface area (Å²) in [4.78, 5) is 24.9. The third-order valence-electron chi connectivity index (χ3n) is 3.08. The highest BCUT2D eigenvalue weighted by atomic mass is 16.2. The van der Waals surface area contributed by atoms with Gasteiger partial charge in [-0.05, 0) is 18.5 Å². The van der Waals surface area contributed by atoms with Gasteiger partial charge in [-0.3, -0.25) is 9.69 Å². The van der Waals surface area contributed by atoms with Gasteiger partial charge in [0.15, 0.2) is 0 Å². The number of carbonyl (C=O) groups is 2. The number of nitrogens with zero attached hydrogens (tertiary/aromatic N) is 1. The van der Waals surface area contributed by atoms with Crippen LogP contribution in [0.2, 0.25) is 0 Å². The number of likely N-dealkylation sites (N-methyl/N-ethyl adjacent to an activating group) is 1. The Labute approximate surface area is 99.6 Å². The van der Waals surface area contributed by atoms with Crippen LogP contribution in [0.15, 0.2) is 30.3 Å². The highest BCUT2D eigenvalue weighted by Crippen LogP contribution is 2.31. The molecule has 3 amide bonds. The lowest BCUT2D eigenvalue weighted by Gasteiger charge is -2.26. The second-order valence-corrected chi connectivity index (χ2v) is 4.10. The SMILES string of the molecule is CN1C(=O)N[C@](CCN)(c2ccccc2)C1=O. The number of nitrogens with two attached hydrogens (primary N) is 1. The Balaban J connectivity index is 2.48. The first-order chi connectivity index (χ1) is 8.12. The van der Waals surface area contributed by atoms with Crippen molar-refractivity contribution in [2.75, 3.05) is 13.6 Å². The molecule has 3 N–H and O–H groups in total. The minimum Gasteiger partial charge on any atom is -0.330 e. The lowest BCUT2D eigenvalue weighted by Crippen LogP contribution is -2.45. The van der Waals surface area contributed by atoms with E-state index in [2.05, 4.69) is 5.32 Å². The van der Waals surface area contributed by atoms with Crippen molar-refractivity contribution in [3.8, 4) is 0 Å². The van der Waals surface area contributed by atoms with Gasteiger partial charge >= 0.3 is 6.03 Å². The Kier molecular flexibility index (Phi) is 2.85. The van der Waals surface area contributed by atoms with Crippen LogP contribution in [-0.2, 0) is 10.3 Å². The minimum absolute atomic E-state index is 0.251. The molecule has 0 aromatic heterocycles. The minimum atomic E-state index is -0.998. The molecule has 0 bridgehead atoms. The van der Waals surface area contributed by atoms with Crippen molar-refractivity contribution in [2.24, 2.45) is 5.73 Å². The molecule has 2 rings (SSSR count). The van der Waals surface area contributed by atoms with Gasteiger partial charge in [-0.1, -0.05) is 30.3 Å². The number of nitrogens with one attached hydrogen (secondary N) is 1. The molecule has 5 nitrogen and oxygen atoms in total. The van der Waals surface area contributed by atoms with Gasteiger partial charge in [0, 0.05) is 7.05 Å². The highest BCUT2D eigenvalue weighted by Gasteiger charge is 2.50. The normalized spacial score (nSPS) is 24.0. The molecule has 0 radical (unpaired) electrons. The fourth-order valence-corrected chi connectivity index (χ4v) is 2.15. The number of urea groups is 1. The summed E-state index contributed by atoms with van der Waals surface area (Å²) in [7, 11) is 1.47. The van der Waals surface area contributed by atoms with E-state index in [9.17, 15) is 9.59 Å². The van der Waals surface area contributed by atoms with E-state index in [0.29, 0.717) is 13.0 Å². The third kappa shape index (κ3) is 1.68. The number of hydrogen-bond donors (Lipinski definition) is 2. The Bertz CT molecular complexity index is 446. The summed E-state index contributed by atoms with van der Waals surface area (Å²) in [5.74, 6) is -0.251. The summed E-state index contributed by atoms with van der Waals surface area (Å²) in [5, 5.41) is 2.74. The number of imide groups is 1. The molecule has 1 heterocycles. The van der Waals surface area contributed by atoms with Gasteiger partial charge in [0.1, 0.15) is 5.54 Å². The van der Waals surface area contributed by atoms with Gasteiger partial charge in [0.2, 0.25) is 0 Å². The maximum absolute atomic E-state index is 12.2. The van der Waals surface area contributed by atoms with Crippen molar-refractivity contribution in [2.45, 2.75) is 12.0 Å². The molecule has 0 aliphatic carbocycles. The molecular weight excluding hydrogens is 218 g/mol. The Morgan fingerprint density at radius 3 is 2.41 bits per heavy atom. The van der Waals surface area contributed by atoms with Crippen LogP contribution in [0.25, 0.3) is 0 Å². The molecule has 0 saturated carbocycles. The average molecular weight is 233 g/mol. The zero-order chi connectivity index (χ0) is 12.5. The summed E-state index contributed by atoms with van der Waals surface area (Å²) in [5.41, 5.74) is 5.34. The molecule has 5 heteroatoms. The molecular formula is C12H15N3O2. The zero-order valence-corrected chi connectivity index (χ0v) is 9.64. The Hall–Kier alpha value is -1.88. The number of rotatable bonds is 3. The second-order valence-electron chi connectivity index (χ2n) is 4.10. The molecule has 1 atom stereocenters. The molecule has 1 aliphatic heterocycles. The first-order valence-electron chi connectivity index (χ1n) is 5.48. The van der Waals surface area contributed by atoms with Gasteiger partial charge in [0.05, 0.1) is 0 Å². The van der Waals surface area contributed by atoms with Crippen LogP contribution in [0.3, 0.4) is 0 Å². The molecule has 1 fully saturated rings. The topological polar surface area (TPSA) is 75.4 Å². The molecule has 1 saturated heterocycles. The summed E-state index contributed by atoms with van der Waals surface area (Å²) in [6, 6.07) is 8.81. The first-order valence-corrected chi connectivity index (χ1v) is 5.48. The maximum atomic E-state index is 12.2. The van der Waals surface area contributed by atoms with E-state index in [1.807, 2.05) is 30.3 Å². The Morgan fingerprint density at radius 1 is 1.29 bits per heavy atom. The quantitative estimate of drug-likeness (QED) is 0.742. The standard InChI is InChI=1S/C12H15N3O2/c1-15-10(16)12(7-8-13,14-11(15)17)9-5-3-2-4-6-9/h2-6H,7-8,13H2,1H3,(H,14,17)/t12-/m1/s1. The van der Waals surface area contributed by atoms with Gasteiger partial charge in [-0.25, -0.2) is 4.79 Å². The molecule has 1 aliphatic rings. The average Bonchev–Trinajstić information content (AvgIpc) is 2.57. The van der Waals surface area contributed by atoms with E-state index in [4.69, 9.17) is 5.73 Å². The number of carbonyl (C=O) groups excluding carboxylic acids is 2. The van der Waals surface area contributed by atoms with E-state index in [1.165, 1.54) is 7.05 Å². The summed E-state index contributed by atoms with van der Waals surface area (Å²) < 4.78 is 0. The van der Waals surface area contributed by atoms with Crippen molar-refractivity contribution in [1.29, 1.82) is 0 Å². The number of benzene rings is 1. The molecule has 1 aromatic carbocycles. The van der Waals surface area contributed by atoms with E-state index >= 15 is 0 Å². The highest BCUT2D eigenvalue weighted by molar-refractivity contribution is 6.07. The summed E-state index contributed by atoms with van der Waals surface area (Å²) in [6.45, 7) is 0.328. The molecule has 0 spiro atoms. The lowest BCUT2D eigenvalue weighted by atomic mass is 9.86. The van der Waals surface area contributed by atoms with Crippen LogP contribution in [0, 0.1) is 0 Å². The van der Waals surface area contributed by atoms with Crippen molar-refractivity contribution in [1.82, 2.24) is 10.2 Å². The van der Waals surface area contributed by atoms with Gasteiger partial charge in [0.25, 0.3) is 5.91 Å². The third-order valence-corrected chi connectivity index (χ3v) is 3.08. The van der Waals surface area contributed by atoms with Crippen LogP contribution >= 0.6 is 0 Å². The fraction of sp³-hybridized carbons (Fsp3) is 0.333. The van der Waals surface area contributed by atoms with Gasteiger partial charge in [-0.2, -0.15) is 0 Å². The second kappa shape index (κ2) is 4.18. The van der Waals surface area contributed by atoms with Gasteiger partial charge in [-0.15, -0.1) is 0 Å². The van der Waals surface area contributed by atoms with Crippen LogP contribution in [0.1, 0.15) is 12.0 Å². The summed E-state index contributed by atoms with van der Waals surface area (Å²) >= 11 is 0. The van der Waals surface area contributed by atoms with E-state index < -0.39 is 5.54 Å². The lowest BCUT2D eigenvalue weighted by molar-refractivity contribution is -0.130. The van der Waals surface area contributed by atoms with Crippen molar-refractivity contribution in [3.05, 3.63) is 35.9 Å². The number of amides is 3. The van der Waals surface area contributed by atoms with Crippen LogP contribution in [-0.4, -0.2) is 30.4 Å². The predicted octanol–water partition coefficient (Wildman–Crippen LogP) is 0.412. The fourth-order valence-electron chi connectivity index (χ4n) is 2.15. The zero-order valence-electron chi connectivity index (χ0n) is 9.64. The van der Waals surface area contributed by atoms with Gasteiger partial charge < -0.3 is 11.1 Å². The van der Waals surface area contributed by atoms with Crippen molar-refractivity contribution < 1.29 is 9.59 Å². The largest absolute Gasteiger partial charge is 0.330 e. The van der Waals surface area contributed by atoms with E-state index in [1.54, 1.807) is 0 Å². The maximum Gasteiger partial charge on any atom is 0.325 e. The molecule has 90 valence electrons. The van der Waals surface area contributed by atoms with Crippen LogP contribution < -0.4 is 11.1 Å². The van der Waals surface area contributed by atoms with E-state index in [0.717, 1.165) is 10.5 Å². The van der Waals surface area contributed by atoms with Crippen LogP contribution in [0.5, 0.6) is 0 Å². The first kappa shape index (κ1) is 11.6. The predicted molar refractivity (Wildman–Crippen MR) is 63.1 cm³/mol. The molecule has 17 heavy (non-hydrogen) atoms. The van der Waals surface area contributed by atoms with Crippen molar-refractivity contribution in [3.63, 3.8) is 0 Å². The van der Waals surface area contributed by atoms with Crippen LogP contribution in [0.4, 0.5) is 4.79 Å². The smallest absolute Gasteiger partial charge is 0.325 e. The van der Waals surface area contributed by atoms with Crippen molar-refractivity contribution >= 4 is 11.9 Å². The van der Waals surface area contributed by atoms with E-state index in [-0.39, 0.29) is 11.9 Å². The summed E-state index contributed by atoms with van der Waals surface area (Å²) in [6.07, 6.45) is 0.395. The number of hydrogen-bond acceptors (Lipinski definition) is 3.